The van der Waals surface area contributed by atoms with Crippen LogP contribution in [0.5, 0.6) is 0 Å². The van der Waals surface area contributed by atoms with E-state index < -0.39 is 11.7 Å². The van der Waals surface area contributed by atoms with Gasteiger partial charge in [0.05, 0.1) is 5.69 Å². The summed E-state index contributed by atoms with van der Waals surface area (Å²) in [6.45, 7) is 0. The Hall–Kier alpha value is -1.95. The number of nitrogens with zero attached hydrogens (tertiary/aromatic N) is 1. The molecule has 0 bridgehead atoms. The van der Waals surface area contributed by atoms with Crippen molar-refractivity contribution in [2.45, 2.75) is 0 Å². The summed E-state index contributed by atoms with van der Waals surface area (Å²) in [7, 11) is 0. The number of carbonyl (C=O) groups excluding carboxylic acids is 1. The molecule has 1 aliphatic heterocycles. The van der Waals surface area contributed by atoms with E-state index in [2.05, 4.69) is 5.32 Å². The first-order chi connectivity index (χ1) is 11.0. The van der Waals surface area contributed by atoms with Crippen LogP contribution >= 0.6 is 35.4 Å². The lowest BCUT2D eigenvalue weighted by Gasteiger charge is -2.14. The van der Waals surface area contributed by atoms with Crippen molar-refractivity contribution >= 4 is 58.2 Å². The van der Waals surface area contributed by atoms with Crippen molar-refractivity contribution in [3.63, 3.8) is 0 Å². The van der Waals surface area contributed by atoms with Gasteiger partial charge in [-0.1, -0.05) is 41.4 Å². The van der Waals surface area contributed by atoms with Crippen molar-refractivity contribution in [2.24, 2.45) is 0 Å². The average molecular weight is 367 g/mol. The van der Waals surface area contributed by atoms with E-state index in [1.165, 1.54) is 12.1 Å². The molecule has 0 aromatic heterocycles. The molecule has 1 fully saturated rings. The normalized spacial score (nSPS) is 16.1. The van der Waals surface area contributed by atoms with E-state index in [4.69, 9.17) is 35.4 Å². The number of benzene rings is 2. The summed E-state index contributed by atoms with van der Waals surface area (Å²) in [5, 5.41) is 3.78. The van der Waals surface area contributed by atoms with Crippen LogP contribution in [0.4, 0.5) is 10.1 Å². The van der Waals surface area contributed by atoms with Gasteiger partial charge in [-0.25, -0.2) is 9.29 Å². The highest BCUT2D eigenvalue weighted by molar-refractivity contribution is 7.80. The molecule has 2 aromatic carbocycles. The van der Waals surface area contributed by atoms with Gasteiger partial charge in [-0.15, -0.1) is 0 Å². The van der Waals surface area contributed by atoms with Gasteiger partial charge in [0.1, 0.15) is 11.5 Å². The topological polar surface area (TPSA) is 32.3 Å². The fourth-order valence-corrected chi connectivity index (χ4v) is 2.92. The molecule has 1 N–H and O–H groups in total. The highest BCUT2D eigenvalue weighted by atomic mass is 35.5. The van der Waals surface area contributed by atoms with Crippen LogP contribution in [-0.4, -0.2) is 11.0 Å². The fourth-order valence-electron chi connectivity index (χ4n) is 2.16. The average Bonchev–Trinajstić information content (AvgIpc) is 2.77. The van der Waals surface area contributed by atoms with Gasteiger partial charge in [0, 0.05) is 10.0 Å². The molecular formula is C16H9Cl2FN2OS. The van der Waals surface area contributed by atoms with E-state index in [0.717, 1.165) is 4.90 Å². The monoisotopic (exact) mass is 366 g/mol. The van der Waals surface area contributed by atoms with Gasteiger partial charge >= 0.3 is 0 Å². The minimum Gasteiger partial charge on any atom is -0.327 e. The van der Waals surface area contributed by atoms with E-state index in [1.54, 1.807) is 36.4 Å². The number of amides is 1. The van der Waals surface area contributed by atoms with Gasteiger partial charge in [-0.05, 0) is 48.1 Å². The van der Waals surface area contributed by atoms with Crippen molar-refractivity contribution in [2.75, 3.05) is 4.90 Å². The van der Waals surface area contributed by atoms with Crippen LogP contribution in [0.3, 0.4) is 0 Å². The zero-order valence-corrected chi connectivity index (χ0v) is 13.8. The van der Waals surface area contributed by atoms with Gasteiger partial charge < -0.3 is 5.32 Å². The lowest BCUT2D eigenvalue weighted by Crippen LogP contribution is -2.31. The first-order valence-corrected chi connectivity index (χ1v) is 7.70. The Bertz CT molecular complexity index is 854. The highest BCUT2D eigenvalue weighted by Gasteiger charge is 2.33. The molecule has 0 saturated carbocycles. The number of nitrogens with one attached hydrogen (secondary N) is 1. The van der Waals surface area contributed by atoms with Gasteiger partial charge in [0.15, 0.2) is 5.11 Å². The van der Waals surface area contributed by atoms with Crippen LogP contribution in [0.25, 0.3) is 6.08 Å². The van der Waals surface area contributed by atoms with Crippen LogP contribution in [0.1, 0.15) is 5.56 Å². The first-order valence-electron chi connectivity index (χ1n) is 6.54. The van der Waals surface area contributed by atoms with Crippen molar-refractivity contribution in [3.8, 4) is 0 Å². The second kappa shape index (κ2) is 6.28. The quantitative estimate of drug-likeness (QED) is 0.631. The number of anilines is 1. The Kier molecular flexibility index (Phi) is 4.35. The molecule has 1 amide bonds. The molecule has 116 valence electrons. The molecule has 0 radical (unpaired) electrons. The van der Waals surface area contributed by atoms with E-state index in [-0.39, 0.29) is 16.5 Å². The highest BCUT2D eigenvalue weighted by Crippen LogP contribution is 2.27. The maximum absolute atomic E-state index is 13.9. The Morgan fingerprint density at radius 3 is 2.61 bits per heavy atom. The summed E-state index contributed by atoms with van der Waals surface area (Å²) >= 11 is 17.1. The molecule has 3 rings (SSSR count). The molecule has 1 saturated heterocycles. The van der Waals surface area contributed by atoms with E-state index in [0.29, 0.717) is 15.6 Å². The van der Waals surface area contributed by atoms with Crippen molar-refractivity contribution in [1.82, 2.24) is 5.32 Å². The molecule has 0 spiro atoms. The Labute approximate surface area is 147 Å². The molecule has 0 unspecified atom stereocenters. The number of halogens is 3. The minimum absolute atomic E-state index is 0.0978. The summed E-state index contributed by atoms with van der Waals surface area (Å²) < 4.78 is 13.9. The molecule has 1 aliphatic rings. The van der Waals surface area contributed by atoms with Gasteiger partial charge in [-0.3, -0.25) is 4.79 Å². The lowest BCUT2D eigenvalue weighted by atomic mass is 10.2. The standard InChI is InChI=1S/C16H9Cl2FN2OS/c17-10-6-5-9(11(18)8-10)7-13-15(22)21(16(23)20-13)14-4-2-1-3-12(14)19/h1-8H,(H,20,23)/b13-7+. The molecule has 1 heterocycles. The predicted octanol–water partition coefficient (Wildman–Crippen LogP) is 4.39. The minimum atomic E-state index is -0.532. The van der Waals surface area contributed by atoms with Crippen LogP contribution in [0, 0.1) is 5.82 Å². The van der Waals surface area contributed by atoms with Gasteiger partial charge in [-0.2, -0.15) is 0 Å². The molecule has 0 aliphatic carbocycles. The van der Waals surface area contributed by atoms with Gasteiger partial charge in [0.2, 0.25) is 0 Å². The number of hydrogen-bond donors (Lipinski definition) is 1. The summed E-state index contributed by atoms with van der Waals surface area (Å²) in [5.41, 5.74) is 0.910. The third kappa shape index (κ3) is 3.08. The maximum atomic E-state index is 13.9. The fraction of sp³-hybridized carbons (Fsp3) is 0. The zero-order chi connectivity index (χ0) is 16.6. The van der Waals surface area contributed by atoms with E-state index in [1.807, 2.05) is 0 Å². The van der Waals surface area contributed by atoms with Crippen LogP contribution in [0.15, 0.2) is 48.2 Å². The number of hydrogen-bond acceptors (Lipinski definition) is 2. The third-order valence-electron chi connectivity index (χ3n) is 3.23. The van der Waals surface area contributed by atoms with Crippen molar-refractivity contribution < 1.29 is 9.18 Å². The number of rotatable bonds is 2. The molecule has 23 heavy (non-hydrogen) atoms. The van der Waals surface area contributed by atoms with Gasteiger partial charge in [0.25, 0.3) is 5.91 Å². The molecule has 0 atom stereocenters. The second-order valence-corrected chi connectivity index (χ2v) is 5.98. The number of thiocarbonyl (C=S) groups is 1. The van der Waals surface area contributed by atoms with Crippen molar-refractivity contribution in [1.29, 1.82) is 0 Å². The Balaban J connectivity index is 1.98. The SMILES string of the molecule is O=C1/C(=C\c2ccc(Cl)cc2Cl)NC(=S)N1c1ccccc1F. The van der Waals surface area contributed by atoms with Crippen LogP contribution in [0.2, 0.25) is 10.0 Å². The summed E-state index contributed by atoms with van der Waals surface area (Å²) in [6, 6.07) is 10.8. The number of carbonyl (C=O) groups is 1. The summed E-state index contributed by atoms with van der Waals surface area (Å²) in [6.07, 6.45) is 1.55. The van der Waals surface area contributed by atoms with Crippen molar-refractivity contribution in [3.05, 3.63) is 69.6 Å². The van der Waals surface area contributed by atoms with E-state index in [9.17, 15) is 9.18 Å². The first kappa shape index (κ1) is 15.9. The molecule has 7 heteroatoms. The largest absolute Gasteiger partial charge is 0.327 e. The lowest BCUT2D eigenvalue weighted by molar-refractivity contribution is -0.113. The Morgan fingerprint density at radius 2 is 1.91 bits per heavy atom. The Morgan fingerprint density at radius 1 is 1.17 bits per heavy atom. The third-order valence-corrected chi connectivity index (χ3v) is 4.08. The van der Waals surface area contributed by atoms with E-state index >= 15 is 0 Å². The van der Waals surface area contributed by atoms with Crippen LogP contribution < -0.4 is 10.2 Å². The zero-order valence-electron chi connectivity index (χ0n) is 11.5. The second-order valence-electron chi connectivity index (χ2n) is 4.75. The summed E-state index contributed by atoms with van der Waals surface area (Å²) in [4.78, 5) is 13.6. The number of para-hydroxylation sites is 1. The van der Waals surface area contributed by atoms with Crippen LogP contribution in [-0.2, 0) is 4.79 Å². The molecular weight excluding hydrogens is 358 g/mol. The summed E-state index contributed by atoms with van der Waals surface area (Å²) in [5.74, 6) is -0.984. The molecule has 2 aromatic rings. The smallest absolute Gasteiger partial charge is 0.281 e. The maximum Gasteiger partial charge on any atom is 0.281 e. The molecule has 3 nitrogen and oxygen atoms in total. The predicted molar refractivity (Wildman–Crippen MR) is 94.1 cm³/mol.